The first-order chi connectivity index (χ1) is 11.5. The first kappa shape index (κ1) is 17.1. The minimum Gasteiger partial charge on any atom is -0.378 e. The second kappa shape index (κ2) is 7.01. The average molecular weight is 349 g/mol. The normalized spacial score (nSPS) is 19.3. The van der Waals surface area contributed by atoms with Gasteiger partial charge >= 0.3 is 0 Å². The van der Waals surface area contributed by atoms with Crippen molar-refractivity contribution in [1.29, 1.82) is 0 Å². The molecule has 0 aromatic heterocycles. The highest BCUT2D eigenvalue weighted by Crippen LogP contribution is 2.28. The van der Waals surface area contributed by atoms with Crippen LogP contribution in [-0.4, -0.2) is 32.5 Å². The summed E-state index contributed by atoms with van der Waals surface area (Å²) in [6.45, 7) is 2.88. The molecule has 0 saturated carbocycles. The Morgan fingerprint density at radius 1 is 1.21 bits per heavy atom. The monoisotopic (exact) mass is 349 g/mol. The molecule has 0 bridgehead atoms. The Hall–Kier alpha value is -1.76. The van der Waals surface area contributed by atoms with E-state index in [0.29, 0.717) is 13.2 Å². The van der Waals surface area contributed by atoms with Crippen LogP contribution < -0.4 is 0 Å². The van der Waals surface area contributed by atoms with Crippen molar-refractivity contribution in [3.05, 3.63) is 71.0 Å². The van der Waals surface area contributed by atoms with E-state index in [9.17, 15) is 12.8 Å². The van der Waals surface area contributed by atoms with Gasteiger partial charge in [-0.15, -0.1) is 0 Å². The number of benzene rings is 2. The predicted molar refractivity (Wildman–Crippen MR) is 90.5 cm³/mol. The zero-order chi connectivity index (χ0) is 17.2. The SMILES string of the molecule is Cc1cccc(CS(=O)(=O)N2CCOCC2c2ccc(F)cc2)c1. The molecular weight excluding hydrogens is 329 g/mol. The van der Waals surface area contributed by atoms with Crippen LogP contribution in [0, 0.1) is 12.7 Å². The second-order valence-corrected chi connectivity index (χ2v) is 7.92. The van der Waals surface area contributed by atoms with Crippen molar-refractivity contribution in [2.75, 3.05) is 19.8 Å². The summed E-state index contributed by atoms with van der Waals surface area (Å²) in [5.74, 6) is -0.392. The molecule has 4 nitrogen and oxygen atoms in total. The molecule has 6 heteroatoms. The summed E-state index contributed by atoms with van der Waals surface area (Å²) in [7, 11) is -3.50. The van der Waals surface area contributed by atoms with Gasteiger partial charge in [-0.3, -0.25) is 0 Å². The molecule has 1 unspecified atom stereocenters. The van der Waals surface area contributed by atoms with Gasteiger partial charge in [-0.05, 0) is 30.2 Å². The molecule has 0 radical (unpaired) electrons. The summed E-state index contributed by atoms with van der Waals surface area (Å²) >= 11 is 0. The fraction of sp³-hybridized carbons (Fsp3) is 0.333. The van der Waals surface area contributed by atoms with Crippen LogP contribution in [0.3, 0.4) is 0 Å². The van der Waals surface area contributed by atoms with Crippen LogP contribution in [0.25, 0.3) is 0 Å². The molecule has 0 aliphatic carbocycles. The minimum atomic E-state index is -3.50. The van der Waals surface area contributed by atoms with Gasteiger partial charge in [-0.25, -0.2) is 12.8 Å². The van der Waals surface area contributed by atoms with Crippen LogP contribution in [0.15, 0.2) is 48.5 Å². The largest absolute Gasteiger partial charge is 0.378 e. The van der Waals surface area contributed by atoms with Crippen molar-refractivity contribution in [2.45, 2.75) is 18.7 Å². The fourth-order valence-corrected chi connectivity index (χ4v) is 4.65. The van der Waals surface area contributed by atoms with Gasteiger partial charge in [-0.2, -0.15) is 4.31 Å². The molecule has 2 aromatic carbocycles. The molecule has 2 aromatic rings. The zero-order valence-corrected chi connectivity index (χ0v) is 14.3. The van der Waals surface area contributed by atoms with E-state index < -0.39 is 16.1 Å². The summed E-state index contributed by atoms with van der Waals surface area (Å²) in [6, 6.07) is 13.0. The third-order valence-corrected chi connectivity index (χ3v) is 5.97. The van der Waals surface area contributed by atoms with Crippen LogP contribution in [0.1, 0.15) is 22.7 Å². The van der Waals surface area contributed by atoms with E-state index in [1.807, 2.05) is 31.2 Å². The minimum absolute atomic E-state index is 0.0492. The van der Waals surface area contributed by atoms with Crippen molar-refractivity contribution in [2.24, 2.45) is 0 Å². The number of hydrogen-bond acceptors (Lipinski definition) is 3. The molecule has 3 rings (SSSR count). The quantitative estimate of drug-likeness (QED) is 0.852. The van der Waals surface area contributed by atoms with Crippen molar-refractivity contribution in [3.8, 4) is 0 Å². The Bertz CT molecular complexity index is 805. The molecule has 1 fully saturated rings. The van der Waals surface area contributed by atoms with Gasteiger partial charge in [0.25, 0.3) is 0 Å². The Morgan fingerprint density at radius 3 is 2.67 bits per heavy atom. The maximum Gasteiger partial charge on any atom is 0.219 e. The Morgan fingerprint density at radius 2 is 1.96 bits per heavy atom. The van der Waals surface area contributed by atoms with Crippen LogP contribution in [0.2, 0.25) is 0 Å². The van der Waals surface area contributed by atoms with Crippen LogP contribution in [0.5, 0.6) is 0 Å². The van der Waals surface area contributed by atoms with Crippen molar-refractivity contribution < 1.29 is 17.5 Å². The predicted octanol–water partition coefficient (Wildman–Crippen LogP) is 3.04. The van der Waals surface area contributed by atoms with Crippen LogP contribution >= 0.6 is 0 Å². The lowest BCUT2D eigenvalue weighted by Gasteiger charge is -2.35. The van der Waals surface area contributed by atoms with Gasteiger partial charge in [-0.1, -0.05) is 42.0 Å². The molecule has 0 N–H and O–H groups in total. The summed E-state index contributed by atoms with van der Waals surface area (Å²) < 4.78 is 45.9. The first-order valence-corrected chi connectivity index (χ1v) is 9.45. The number of hydrogen-bond donors (Lipinski definition) is 0. The van der Waals surface area contributed by atoms with Gasteiger partial charge in [0, 0.05) is 6.54 Å². The van der Waals surface area contributed by atoms with Crippen LogP contribution in [0.4, 0.5) is 4.39 Å². The molecule has 0 amide bonds. The lowest BCUT2D eigenvalue weighted by molar-refractivity contribution is 0.0320. The Kier molecular flexibility index (Phi) is 4.99. The molecule has 1 heterocycles. The van der Waals surface area contributed by atoms with E-state index in [1.54, 1.807) is 12.1 Å². The highest BCUT2D eigenvalue weighted by molar-refractivity contribution is 7.88. The van der Waals surface area contributed by atoms with Crippen molar-refractivity contribution in [3.63, 3.8) is 0 Å². The number of ether oxygens (including phenoxy) is 1. The van der Waals surface area contributed by atoms with Gasteiger partial charge in [0.2, 0.25) is 10.0 Å². The molecule has 0 spiro atoms. The molecule has 128 valence electrons. The smallest absolute Gasteiger partial charge is 0.219 e. The Labute approximate surface area is 141 Å². The number of aryl methyl sites for hydroxylation is 1. The lowest BCUT2D eigenvalue weighted by Crippen LogP contribution is -2.43. The number of nitrogens with zero attached hydrogens (tertiary/aromatic N) is 1. The molecule has 1 aliphatic heterocycles. The molecule has 1 saturated heterocycles. The Balaban J connectivity index is 1.87. The van der Waals surface area contributed by atoms with E-state index in [1.165, 1.54) is 16.4 Å². The summed E-state index contributed by atoms with van der Waals surface area (Å²) in [5, 5.41) is 0. The van der Waals surface area contributed by atoms with E-state index in [0.717, 1.165) is 16.7 Å². The van der Waals surface area contributed by atoms with Crippen molar-refractivity contribution >= 4 is 10.0 Å². The van der Waals surface area contributed by atoms with Gasteiger partial charge in [0.15, 0.2) is 0 Å². The van der Waals surface area contributed by atoms with Gasteiger partial charge in [0.1, 0.15) is 5.82 Å². The third-order valence-electron chi connectivity index (χ3n) is 4.12. The maximum absolute atomic E-state index is 13.1. The topological polar surface area (TPSA) is 46.6 Å². The molecule has 1 aliphatic rings. The van der Waals surface area contributed by atoms with E-state index in [2.05, 4.69) is 0 Å². The highest BCUT2D eigenvalue weighted by Gasteiger charge is 2.33. The maximum atomic E-state index is 13.1. The zero-order valence-electron chi connectivity index (χ0n) is 13.5. The van der Waals surface area contributed by atoms with Crippen molar-refractivity contribution in [1.82, 2.24) is 4.31 Å². The van der Waals surface area contributed by atoms with Gasteiger partial charge < -0.3 is 4.74 Å². The molecule has 1 atom stereocenters. The lowest BCUT2D eigenvalue weighted by atomic mass is 10.1. The van der Waals surface area contributed by atoms with E-state index in [4.69, 9.17) is 4.74 Å². The first-order valence-electron chi connectivity index (χ1n) is 7.84. The molecule has 24 heavy (non-hydrogen) atoms. The summed E-state index contributed by atoms with van der Waals surface area (Å²) in [5.41, 5.74) is 2.53. The molecular formula is C18H20FNO3S. The summed E-state index contributed by atoms with van der Waals surface area (Å²) in [4.78, 5) is 0. The second-order valence-electron chi connectivity index (χ2n) is 6.00. The third kappa shape index (κ3) is 3.83. The summed E-state index contributed by atoms with van der Waals surface area (Å²) in [6.07, 6.45) is 0. The average Bonchev–Trinajstić information content (AvgIpc) is 2.55. The number of morpholine rings is 1. The number of sulfonamides is 1. The fourth-order valence-electron chi connectivity index (χ4n) is 2.96. The standard InChI is InChI=1S/C18H20FNO3S/c1-14-3-2-4-15(11-14)13-24(21,22)20-9-10-23-12-18(20)16-5-7-17(19)8-6-16/h2-8,11,18H,9-10,12-13H2,1H3. The van der Waals surface area contributed by atoms with Crippen LogP contribution in [-0.2, 0) is 20.5 Å². The number of halogens is 1. The highest BCUT2D eigenvalue weighted by atomic mass is 32.2. The van der Waals surface area contributed by atoms with E-state index in [-0.39, 0.29) is 18.2 Å². The van der Waals surface area contributed by atoms with Gasteiger partial charge in [0.05, 0.1) is 25.0 Å². The van der Waals surface area contributed by atoms with E-state index >= 15 is 0 Å². The number of rotatable bonds is 4.